The van der Waals surface area contributed by atoms with Crippen molar-refractivity contribution in [1.29, 1.82) is 0 Å². The third kappa shape index (κ3) is 2.16. The molecule has 0 aromatic carbocycles. The summed E-state index contributed by atoms with van der Waals surface area (Å²) in [4.78, 5) is 6.58. The quantitative estimate of drug-likeness (QED) is 0.764. The van der Waals surface area contributed by atoms with E-state index in [0.29, 0.717) is 11.1 Å². The highest BCUT2D eigenvalue weighted by Gasteiger charge is 2.16. The third-order valence-electron chi connectivity index (χ3n) is 2.40. The van der Waals surface area contributed by atoms with Crippen LogP contribution in [0.25, 0.3) is 0 Å². The van der Waals surface area contributed by atoms with Gasteiger partial charge in [-0.25, -0.2) is 4.98 Å². The van der Waals surface area contributed by atoms with Crippen LogP contribution in [0.4, 0.5) is 5.82 Å². The van der Waals surface area contributed by atoms with Crippen LogP contribution in [0.2, 0.25) is 5.02 Å². The summed E-state index contributed by atoms with van der Waals surface area (Å²) in [6.07, 6.45) is 1.70. The second-order valence-electron chi connectivity index (χ2n) is 3.64. The summed E-state index contributed by atoms with van der Waals surface area (Å²) in [6.45, 7) is 5.22. The molecule has 0 bridgehead atoms. The Kier molecular flexibility index (Phi) is 2.89. The largest absolute Gasteiger partial charge is 0.354 e. The fourth-order valence-corrected chi connectivity index (χ4v) is 1.81. The summed E-state index contributed by atoms with van der Waals surface area (Å²) in [5.74, 6) is 1.02. The number of piperazine rings is 1. The lowest BCUT2D eigenvalue weighted by atomic mass is 10.2. The van der Waals surface area contributed by atoms with Crippen LogP contribution in [0.15, 0.2) is 18.3 Å². The van der Waals surface area contributed by atoms with Gasteiger partial charge in [-0.1, -0.05) is 11.6 Å². The van der Waals surface area contributed by atoms with Crippen molar-refractivity contribution in [2.45, 2.75) is 13.0 Å². The molecule has 2 rings (SSSR count). The van der Waals surface area contributed by atoms with Crippen molar-refractivity contribution in [3.63, 3.8) is 0 Å². The fraction of sp³-hybridized carbons (Fsp3) is 0.500. The molecule has 1 aliphatic heterocycles. The average Bonchev–Trinajstić information content (AvgIpc) is 2.19. The number of nitrogens with zero attached hydrogens (tertiary/aromatic N) is 2. The van der Waals surface area contributed by atoms with E-state index in [1.54, 1.807) is 6.20 Å². The molecule has 4 heteroatoms. The van der Waals surface area contributed by atoms with Crippen LogP contribution in [0.5, 0.6) is 0 Å². The molecule has 2 heterocycles. The normalized spacial score (nSPS) is 22.4. The van der Waals surface area contributed by atoms with Gasteiger partial charge in [0.2, 0.25) is 0 Å². The van der Waals surface area contributed by atoms with Crippen LogP contribution < -0.4 is 10.2 Å². The van der Waals surface area contributed by atoms with Gasteiger partial charge in [-0.15, -0.1) is 0 Å². The Hall–Kier alpha value is -0.800. The average molecular weight is 212 g/mol. The molecule has 1 fully saturated rings. The maximum Gasteiger partial charge on any atom is 0.128 e. The second-order valence-corrected chi connectivity index (χ2v) is 4.07. The highest BCUT2D eigenvalue weighted by atomic mass is 35.5. The van der Waals surface area contributed by atoms with Crippen LogP contribution in [0, 0.1) is 0 Å². The van der Waals surface area contributed by atoms with E-state index in [9.17, 15) is 0 Å². The standard InChI is InChI=1S/C10H14ClN3/c1-8-7-14(5-4-12-8)10-3-2-9(11)6-13-10/h2-3,6,8,12H,4-5,7H2,1H3. The minimum atomic E-state index is 0.529. The van der Waals surface area contributed by atoms with Gasteiger partial charge in [-0.3, -0.25) is 0 Å². The predicted molar refractivity (Wildman–Crippen MR) is 58.9 cm³/mol. The molecule has 14 heavy (non-hydrogen) atoms. The number of halogens is 1. The molecule has 1 saturated heterocycles. The van der Waals surface area contributed by atoms with E-state index >= 15 is 0 Å². The predicted octanol–water partition coefficient (Wildman–Crippen LogP) is 1.53. The molecule has 1 N–H and O–H groups in total. The Morgan fingerprint density at radius 2 is 2.43 bits per heavy atom. The number of nitrogens with one attached hydrogen (secondary N) is 1. The molecule has 1 aliphatic rings. The molecule has 1 unspecified atom stereocenters. The Bertz CT molecular complexity index is 299. The van der Waals surface area contributed by atoms with Crippen molar-refractivity contribution in [3.05, 3.63) is 23.4 Å². The lowest BCUT2D eigenvalue weighted by Gasteiger charge is -2.32. The highest BCUT2D eigenvalue weighted by Crippen LogP contribution is 2.15. The van der Waals surface area contributed by atoms with Crippen LogP contribution in [0.1, 0.15) is 6.92 Å². The van der Waals surface area contributed by atoms with Gasteiger partial charge >= 0.3 is 0 Å². The molecular weight excluding hydrogens is 198 g/mol. The minimum absolute atomic E-state index is 0.529. The van der Waals surface area contributed by atoms with Crippen LogP contribution in [-0.2, 0) is 0 Å². The monoisotopic (exact) mass is 211 g/mol. The molecule has 76 valence electrons. The zero-order valence-corrected chi connectivity index (χ0v) is 8.96. The van der Waals surface area contributed by atoms with Gasteiger partial charge in [0, 0.05) is 31.9 Å². The Balaban J connectivity index is 2.10. The molecule has 0 saturated carbocycles. The van der Waals surface area contributed by atoms with Gasteiger partial charge in [0.15, 0.2) is 0 Å². The Morgan fingerprint density at radius 1 is 1.57 bits per heavy atom. The van der Waals surface area contributed by atoms with Crippen molar-refractivity contribution in [2.75, 3.05) is 24.5 Å². The van der Waals surface area contributed by atoms with Gasteiger partial charge in [-0.05, 0) is 19.1 Å². The Labute approximate surface area is 89.1 Å². The van der Waals surface area contributed by atoms with Crippen molar-refractivity contribution in [3.8, 4) is 0 Å². The highest BCUT2D eigenvalue weighted by molar-refractivity contribution is 6.30. The topological polar surface area (TPSA) is 28.2 Å². The van der Waals surface area contributed by atoms with Gasteiger partial charge in [0.1, 0.15) is 5.82 Å². The summed E-state index contributed by atoms with van der Waals surface area (Å²) in [7, 11) is 0. The summed E-state index contributed by atoms with van der Waals surface area (Å²) in [6, 6.07) is 4.39. The van der Waals surface area contributed by atoms with Crippen LogP contribution >= 0.6 is 11.6 Å². The summed E-state index contributed by atoms with van der Waals surface area (Å²) < 4.78 is 0. The second kappa shape index (κ2) is 4.15. The first-order valence-electron chi connectivity index (χ1n) is 4.85. The fourth-order valence-electron chi connectivity index (χ4n) is 1.70. The van der Waals surface area contributed by atoms with Gasteiger partial charge in [-0.2, -0.15) is 0 Å². The first kappa shape index (κ1) is 9.74. The molecular formula is C10H14ClN3. The number of rotatable bonds is 1. The van der Waals surface area contributed by atoms with E-state index in [2.05, 4.69) is 22.1 Å². The molecule has 0 spiro atoms. The number of anilines is 1. The van der Waals surface area contributed by atoms with Gasteiger partial charge in [0.25, 0.3) is 0 Å². The lowest BCUT2D eigenvalue weighted by molar-refractivity contribution is 0.482. The minimum Gasteiger partial charge on any atom is -0.354 e. The van der Waals surface area contributed by atoms with Crippen molar-refractivity contribution in [1.82, 2.24) is 10.3 Å². The summed E-state index contributed by atoms with van der Waals surface area (Å²) >= 11 is 5.79. The summed E-state index contributed by atoms with van der Waals surface area (Å²) in [5.41, 5.74) is 0. The van der Waals surface area contributed by atoms with E-state index in [1.165, 1.54) is 0 Å². The van der Waals surface area contributed by atoms with Crippen molar-refractivity contribution < 1.29 is 0 Å². The number of aromatic nitrogens is 1. The van der Waals surface area contributed by atoms with E-state index in [-0.39, 0.29) is 0 Å². The molecule has 0 radical (unpaired) electrons. The maximum absolute atomic E-state index is 5.79. The molecule has 1 atom stereocenters. The maximum atomic E-state index is 5.79. The van der Waals surface area contributed by atoms with Gasteiger partial charge < -0.3 is 10.2 Å². The van der Waals surface area contributed by atoms with Crippen LogP contribution in [-0.4, -0.2) is 30.7 Å². The SMILES string of the molecule is CC1CN(c2ccc(Cl)cn2)CCN1. The summed E-state index contributed by atoms with van der Waals surface area (Å²) in [5, 5.41) is 4.09. The first-order valence-corrected chi connectivity index (χ1v) is 5.23. The van der Waals surface area contributed by atoms with E-state index < -0.39 is 0 Å². The number of pyridine rings is 1. The molecule has 0 aliphatic carbocycles. The Morgan fingerprint density at radius 3 is 3.07 bits per heavy atom. The molecule has 3 nitrogen and oxygen atoms in total. The van der Waals surface area contributed by atoms with E-state index in [1.807, 2.05) is 12.1 Å². The lowest BCUT2D eigenvalue weighted by Crippen LogP contribution is -2.49. The molecule has 1 aromatic heterocycles. The van der Waals surface area contributed by atoms with Crippen LogP contribution in [0.3, 0.4) is 0 Å². The molecule has 1 aromatic rings. The zero-order chi connectivity index (χ0) is 9.97. The van der Waals surface area contributed by atoms with E-state index in [0.717, 1.165) is 25.5 Å². The molecule has 0 amide bonds. The van der Waals surface area contributed by atoms with Crippen molar-refractivity contribution >= 4 is 17.4 Å². The first-order chi connectivity index (χ1) is 6.75. The smallest absolute Gasteiger partial charge is 0.128 e. The zero-order valence-electron chi connectivity index (χ0n) is 8.20. The van der Waals surface area contributed by atoms with Gasteiger partial charge in [0.05, 0.1) is 5.02 Å². The van der Waals surface area contributed by atoms with Crippen molar-refractivity contribution in [2.24, 2.45) is 0 Å². The third-order valence-corrected chi connectivity index (χ3v) is 2.63. The number of hydrogen-bond donors (Lipinski definition) is 1. The van der Waals surface area contributed by atoms with E-state index in [4.69, 9.17) is 11.6 Å². The number of hydrogen-bond acceptors (Lipinski definition) is 3.